The second-order valence-corrected chi connectivity index (χ2v) is 21.6. The van der Waals surface area contributed by atoms with Crippen LogP contribution in [0.15, 0.2) is 24.3 Å². The topological polar surface area (TPSA) is 172 Å². The lowest BCUT2D eigenvalue weighted by molar-refractivity contribution is -0.161. The van der Waals surface area contributed by atoms with Crippen molar-refractivity contribution in [1.82, 2.24) is 0 Å². The first-order chi connectivity index (χ1) is 34.1. The molecule has 0 aromatic rings. The largest absolute Gasteiger partial charge is 0.480 e. The highest BCUT2D eigenvalue weighted by Crippen LogP contribution is 2.43. The summed E-state index contributed by atoms with van der Waals surface area (Å²) in [5, 5.41) is 8.95. The second kappa shape index (κ2) is 53.3. The summed E-state index contributed by atoms with van der Waals surface area (Å²) in [5.41, 5.74) is 5.37. The normalized spacial score (nSPS) is 13.5. The van der Waals surface area contributed by atoms with Gasteiger partial charge in [0.25, 0.3) is 0 Å². The quantitative estimate of drug-likeness (QED) is 0.0229. The summed E-state index contributed by atoms with van der Waals surface area (Å²) in [5.74, 6) is -2.36. The van der Waals surface area contributed by atoms with Crippen LogP contribution in [-0.4, -0.2) is 59.9 Å². The number of unbranched alkanes of at least 4 members (excludes halogenated alkanes) is 38. The SMILES string of the molecule is CCCCCCC/C=C\C/C=C\CCCCCCCCCCCCCC(=O)OC(COC(=O)CCCCCCCCCCCCCCCCCCCCCCCCC)COP(=O)(O)OCC(N)C(=O)O. The molecule has 12 heteroatoms. The molecule has 11 nitrogen and oxygen atoms in total. The minimum absolute atomic E-state index is 0.162. The molecular formula is C58H110NO10P. The van der Waals surface area contributed by atoms with Crippen molar-refractivity contribution in [3.05, 3.63) is 24.3 Å². The summed E-state index contributed by atoms with van der Waals surface area (Å²) in [4.78, 5) is 46.4. The second-order valence-electron chi connectivity index (χ2n) is 20.1. The van der Waals surface area contributed by atoms with Crippen molar-refractivity contribution in [1.29, 1.82) is 0 Å². The van der Waals surface area contributed by atoms with Crippen LogP contribution in [0.5, 0.6) is 0 Å². The van der Waals surface area contributed by atoms with Crippen LogP contribution in [0.25, 0.3) is 0 Å². The van der Waals surface area contributed by atoms with Crippen LogP contribution in [0, 0.1) is 0 Å². The van der Waals surface area contributed by atoms with Gasteiger partial charge in [0, 0.05) is 12.8 Å². The highest BCUT2D eigenvalue weighted by molar-refractivity contribution is 7.47. The number of carboxylic acids is 1. The zero-order valence-corrected chi connectivity index (χ0v) is 46.3. The Kier molecular flexibility index (Phi) is 51.7. The number of carboxylic acid groups (broad SMARTS) is 1. The van der Waals surface area contributed by atoms with Gasteiger partial charge in [-0.2, -0.15) is 0 Å². The Bertz CT molecular complexity index is 1280. The van der Waals surface area contributed by atoms with Gasteiger partial charge in [-0.05, 0) is 44.9 Å². The molecule has 0 bridgehead atoms. The van der Waals surface area contributed by atoms with Crippen molar-refractivity contribution >= 4 is 25.7 Å². The number of esters is 2. The van der Waals surface area contributed by atoms with Gasteiger partial charge in [0.05, 0.1) is 13.2 Å². The number of aliphatic carboxylic acids is 1. The first-order valence-corrected chi connectivity index (χ1v) is 30.9. The third-order valence-electron chi connectivity index (χ3n) is 13.2. The predicted molar refractivity (Wildman–Crippen MR) is 291 cm³/mol. The maximum atomic E-state index is 12.7. The van der Waals surface area contributed by atoms with Crippen LogP contribution in [-0.2, 0) is 37.5 Å². The highest BCUT2D eigenvalue weighted by Gasteiger charge is 2.28. The average Bonchev–Trinajstić information content (AvgIpc) is 3.34. The minimum Gasteiger partial charge on any atom is -0.480 e. The van der Waals surface area contributed by atoms with E-state index in [-0.39, 0.29) is 19.4 Å². The molecule has 70 heavy (non-hydrogen) atoms. The average molecular weight is 1010 g/mol. The molecule has 0 saturated heterocycles. The summed E-state index contributed by atoms with van der Waals surface area (Å²) in [6, 6.07) is -1.52. The van der Waals surface area contributed by atoms with Gasteiger partial charge in [-0.1, -0.05) is 263 Å². The highest BCUT2D eigenvalue weighted by atomic mass is 31.2. The van der Waals surface area contributed by atoms with Crippen LogP contribution >= 0.6 is 7.82 Å². The lowest BCUT2D eigenvalue weighted by atomic mass is 10.0. The van der Waals surface area contributed by atoms with Crippen molar-refractivity contribution in [3.63, 3.8) is 0 Å². The number of nitrogens with two attached hydrogens (primary N) is 1. The standard InChI is InChI=1S/C58H110NO10P/c1-3-5-7-9-11-13-15-17-19-21-23-25-27-29-31-33-35-37-39-41-43-45-47-49-56(60)66-51-54(52-67-70(64,65)68-53-55(59)58(62)63)69-57(61)50-48-46-44-42-40-38-36-34-32-30-28-26-24-22-20-18-16-14-12-10-8-6-4-2/h16,18,22,24,54-55H,3-15,17,19-21,23,25-53,59H2,1-2H3,(H,62,63)(H,64,65)/b18-16-,24-22-. The summed E-state index contributed by atoms with van der Waals surface area (Å²) >= 11 is 0. The number of ether oxygens (including phenoxy) is 2. The number of rotatable bonds is 56. The third kappa shape index (κ3) is 52.3. The zero-order chi connectivity index (χ0) is 51.3. The van der Waals surface area contributed by atoms with Gasteiger partial charge < -0.3 is 25.2 Å². The molecule has 4 N–H and O–H groups in total. The lowest BCUT2D eigenvalue weighted by Gasteiger charge is -2.20. The maximum Gasteiger partial charge on any atom is 0.472 e. The summed E-state index contributed by atoms with van der Waals surface area (Å²) in [6.07, 6.45) is 61.1. The Hall–Kier alpha value is -2.04. The molecule has 0 spiro atoms. The minimum atomic E-state index is -4.72. The number of carbonyl (C=O) groups excluding carboxylic acids is 2. The van der Waals surface area contributed by atoms with Gasteiger partial charge in [0.2, 0.25) is 0 Å². The molecule has 0 rings (SSSR count). The summed E-state index contributed by atoms with van der Waals surface area (Å²) in [6.45, 7) is 2.86. The van der Waals surface area contributed by atoms with E-state index in [4.69, 9.17) is 29.4 Å². The molecule has 3 unspecified atom stereocenters. The van der Waals surface area contributed by atoms with E-state index >= 15 is 0 Å². The van der Waals surface area contributed by atoms with E-state index in [9.17, 15) is 23.8 Å². The molecule has 0 fully saturated rings. The van der Waals surface area contributed by atoms with E-state index in [2.05, 4.69) is 38.2 Å². The van der Waals surface area contributed by atoms with Crippen LogP contribution in [0.3, 0.4) is 0 Å². The van der Waals surface area contributed by atoms with Gasteiger partial charge in [-0.3, -0.25) is 23.4 Å². The molecule has 0 saturated carbocycles. The maximum absolute atomic E-state index is 12.7. The molecule has 0 aromatic carbocycles. The fourth-order valence-corrected chi connectivity index (χ4v) is 9.41. The van der Waals surface area contributed by atoms with Crippen molar-refractivity contribution in [2.24, 2.45) is 5.73 Å². The Morgan fingerprint density at radius 1 is 0.443 bits per heavy atom. The molecule has 0 aliphatic carbocycles. The summed E-state index contributed by atoms with van der Waals surface area (Å²) in [7, 11) is -4.72. The summed E-state index contributed by atoms with van der Waals surface area (Å²) < 4.78 is 33.0. The Balaban J connectivity index is 4.12. The Morgan fingerprint density at radius 3 is 1.11 bits per heavy atom. The molecule has 412 valence electrons. The third-order valence-corrected chi connectivity index (χ3v) is 14.2. The lowest BCUT2D eigenvalue weighted by Crippen LogP contribution is -2.34. The number of phosphoric acid groups is 1. The van der Waals surface area contributed by atoms with E-state index in [0.717, 1.165) is 44.9 Å². The molecule has 0 heterocycles. The van der Waals surface area contributed by atoms with E-state index in [1.165, 1.54) is 212 Å². The number of hydrogen-bond acceptors (Lipinski definition) is 9. The van der Waals surface area contributed by atoms with Crippen molar-refractivity contribution in [2.45, 2.75) is 309 Å². The monoisotopic (exact) mass is 1010 g/mol. The van der Waals surface area contributed by atoms with Gasteiger partial charge in [-0.25, -0.2) is 4.57 Å². The van der Waals surface area contributed by atoms with Gasteiger partial charge in [0.15, 0.2) is 6.10 Å². The van der Waals surface area contributed by atoms with Crippen LogP contribution in [0.4, 0.5) is 0 Å². The first-order valence-electron chi connectivity index (χ1n) is 29.4. The van der Waals surface area contributed by atoms with Gasteiger partial charge >= 0.3 is 25.7 Å². The smallest absolute Gasteiger partial charge is 0.472 e. The van der Waals surface area contributed by atoms with Crippen molar-refractivity contribution < 1.29 is 47.5 Å². The molecule has 0 aromatic heterocycles. The van der Waals surface area contributed by atoms with Gasteiger partial charge in [0.1, 0.15) is 12.6 Å². The molecule has 0 amide bonds. The first kappa shape index (κ1) is 68.0. The van der Waals surface area contributed by atoms with E-state index in [0.29, 0.717) is 12.8 Å². The predicted octanol–water partition coefficient (Wildman–Crippen LogP) is 17.3. The Morgan fingerprint density at radius 2 is 0.757 bits per heavy atom. The van der Waals surface area contributed by atoms with Gasteiger partial charge in [-0.15, -0.1) is 0 Å². The van der Waals surface area contributed by atoms with E-state index < -0.39 is 51.1 Å². The van der Waals surface area contributed by atoms with E-state index in [1.807, 2.05) is 0 Å². The van der Waals surface area contributed by atoms with Crippen LogP contribution < -0.4 is 5.73 Å². The Labute approximate surface area is 430 Å². The number of allylic oxidation sites excluding steroid dienone is 4. The fraction of sp³-hybridized carbons (Fsp3) is 0.879. The van der Waals surface area contributed by atoms with Crippen molar-refractivity contribution in [3.8, 4) is 0 Å². The molecule has 3 atom stereocenters. The molecule has 0 radical (unpaired) electrons. The van der Waals surface area contributed by atoms with Crippen molar-refractivity contribution in [2.75, 3.05) is 19.8 Å². The molecular weight excluding hydrogens is 902 g/mol. The fourth-order valence-electron chi connectivity index (χ4n) is 8.63. The van der Waals surface area contributed by atoms with E-state index in [1.54, 1.807) is 0 Å². The van der Waals surface area contributed by atoms with Crippen LogP contribution in [0.1, 0.15) is 296 Å². The molecule has 0 aliphatic rings. The number of hydrogen-bond donors (Lipinski definition) is 3. The molecule has 0 aliphatic heterocycles. The number of carbonyl (C=O) groups is 3. The number of phosphoric ester groups is 1. The van der Waals surface area contributed by atoms with Crippen LogP contribution in [0.2, 0.25) is 0 Å². The zero-order valence-electron chi connectivity index (χ0n) is 45.4.